The summed E-state index contributed by atoms with van der Waals surface area (Å²) in [5.74, 6) is -0.853. The summed E-state index contributed by atoms with van der Waals surface area (Å²) in [5, 5.41) is 2.57. The summed E-state index contributed by atoms with van der Waals surface area (Å²) >= 11 is 0. The van der Waals surface area contributed by atoms with Gasteiger partial charge in [-0.15, -0.1) is 6.58 Å². The van der Waals surface area contributed by atoms with Gasteiger partial charge in [0, 0.05) is 26.1 Å². The highest BCUT2D eigenvalue weighted by atomic mass is 32.2. The lowest BCUT2D eigenvalue weighted by Crippen LogP contribution is -2.35. The number of esters is 1. The van der Waals surface area contributed by atoms with Crippen LogP contribution in [0.3, 0.4) is 0 Å². The van der Waals surface area contributed by atoms with E-state index in [9.17, 15) is 18.0 Å². The predicted molar refractivity (Wildman–Crippen MR) is 111 cm³/mol. The van der Waals surface area contributed by atoms with Crippen LogP contribution in [0.1, 0.15) is 44.6 Å². The van der Waals surface area contributed by atoms with Gasteiger partial charge >= 0.3 is 5.97 Å². The third-order valence-electron chi connectivity index (χ3n) is 4.84. The van der Waals surface area contributed by atoms with Crippen LogP contribution >= 0.6 is 0 Å². The normalized spacial score (nSPS) is 16.4. The highest BCUT2D eigenvalue weighted by Crippen LogP contribution is 2.21. The zero-order valence-corrected chi connectivity index (χ0v) is 17.7. The number of nitrogens with zero attached hydrogens (tertiary/aromatic N) is 1. The third kappa shape index (κ3) is 6.97. The second kappa shape index (κ2) is 11.1. The van der Waals surface area contributed by atoms with Crippen LogP contribution in [0.2, 0.25) is 0 Å². The molecule has 1 unspecified atom stereocenters. The first kappa shape index (κ1) is 23.1. The standard InChI is InChI=1S/C21H30N2O5S/c1-3-14-22-21(25)17(2)28-20(24)13-10-18-8-11-19(12-9-18)29(26,27)23-15-6-4-5-7-16-23/h3,8-9,11-12,17H,1,4-7,10,13-16H2,2H3,(H,22,25). The highest BCUT2D eigenvalue weighted by Gasteiger charge is 2.25. The molecule has 1 aromatic carbocycles. The van der Waals surface area contributed by atoms with E-state index in [2.05, 4.69) is 11.9 Å². The monoisotopic (exact) mass is 422 g/mol. The molecule has 29 heavy (non-hydrogen) atoms. The molecule has 2 rings (SSSR count). The molecule has 7 nitrogen and oxygen atoms in total. The first-order chi connectivity index (χ1) is 13.8. The van der Waals surface area contributed by atoms with Crippen molar-refractivity contribution in [3.63, 3.8) is 0 Å². The van der Waals surface area contributed by atoms with Gasteiger partial charge in [-0.3, -0.25) is 9.59 Å². The van der Waals surface area contributed by atoms with Crippen LogP contribution in [0.4, 0.5) is 0 Å². The Morgan fingerprint density at radius 1 is 1.17 bits per heavy atom. The number of nitrogens with one attached hydrogen (secondary N) is 1. The van der Waals surface area contributed by atoms with Gasteiger partial charge in [-0.05, 0) is 43.9 Å². The molecule has 1 atom stereocenters. The zero-order valence-electron chi connectivity index (χ0n) is 16.9. The lowest BCUT2D eigenvalue weighted by molar-refractivity contribution is -0.154. The zero-order chi connectivity index (χ0) is 21.3. The smallest absolute Gasteiger partial charge is 0.306 e. The number of aryl methyl sites for hydroxylation is 1. The number of benzene rings is 1. The first-order valence-electron chi connectivity index (χ1n) is 10.0. The van der Waals surface area contributed by atoms with Crippen LogP contribution in [-0.4, -0.2) is 50.3 Å². The number of amides is 1. The fourth-order valence-electron chi connectivity index (χ4n) is 3.13. The maximum atomic E-state index is 12.8. The van der Waals surface area contributed by atoms with Crippen molar-refractivity contribution in [2.45, 2.75) is 56.4 Å². The molecule has 1 fully saturated rings. The number of sulfonamides is 1. The minimum atomic E-state index is -3.48. The third-order valence-corrected chi connectivity index (χ3v) is 6.75. The van der Waals surface area contributed by atoms with E-state index in [1.54, 1.807) is 34.6 Å². The van der Waals surface area contributed by atoms with Crippen molar-refractivity contribution in [3.8, 4) is 0 Å². The van der Waals surface area contributed by atoms with Crippen molar-refractivity contribution in [1.29, 1.82) is 0 Å². The number of carbonyl (C=O) groups excluding carboxylic acids is 2. The van der Waals surface area contributed by atoms with E-state index < -0.39 is 22.1 Å². The average molecular weight is 423 g/mol. The van der Waals surface area contributed by atoms with Crippen molar-refractivity contribution in [2.75, 3.05) is 19.6 Å². The SMILES string of the molecule is C=CCNC(=O)C(C)OC(=O)CCc1ccc(S(=O)(=O)N2CCCCCC2)cc1. The van der Waals surface area contributed by atoms with Crippen LogP contribution in [0.5, 0.6) is 0 Å². The Kier molecular flexibility index (Phi) is 8.85. The maximum Gasteiger partial charge on any atom is 0.306 e. The van der Waals surface area contributed by atoms with E-state index in [0.29, 0.717) is 26.1 Å². The molecule has 1 saturated heterocycles. The molecule has 0 bridgehead atoms. The minimum Gasteiger partial charge on any atom is -0.453 e. The molecule has 1 heterocycles. The van der Waals surface area contributed by atoms with E-state index in [1.165, 1.54) is 6.92 Å². The van der Waals surface area contributed by atoms with Crippen LogP contribution in [-0.2, 0) is 30.8 Å². The number of hydrogen-bond acceptors (Lipinski definition) is 5. The minimum absolute atomic E-state index is 0.108. The van der Waals surface area contributed by atoms with Crippen LogP contribution in [0, 0.1) is 0 Å². The molecule has 0 spiro atoms. The van der Waals surface area contributed by atoms with E-state index in [1.807, 2.05) is 0 Å². The Morgan fingerprint density at radius 2 is 1.79 bits per heavy atom. The summed E-state index contributed by atoms with van der Waals surface area (Å²) < 4.78 is 32.2. The molecule has 1 aromatic rings. The van der Waals surface area contributed by atoms with Crippen molar-refractivity contribution in [1.82, 2.24) is 9.62 Å². The Hall–Kier alpha value is -2.19. The highest BCUT2D eigenvalue weighted by molar-refractivity contribution is 7.89. The van der Waals surface area contributed by atoms with Crippen LogP contribution in [0.15, 0.2) is 41.8 Å². The van der Waals surface area contributed by atoms with Gasteiger partial charge in [-0.1, -0.05) is 31.1 Å². The summed E-state index contributed by atoms with van der Waals surface area (Å²) in [6, 6.07) is 6.62. The second-order valence-corrected chi connectivity index (χ2v) is 9.07. The summed E-state index contributed by atoms with van der Waals surface area (Å²) in [5.41, 5.74) is 0.834. The van der Waals surface area contributed by atoms with Gasteiger partial charge < -0.3 is 10.1 Å². The van der Waals surface area contributed by atoms with E-state index in [4.69, 9.17) is 4.74 Å². The van der Waals surface area contributed by atoms with Crippen molar-refractivity contribution in [3.05, 3.63) is 42.5 Å². The Labute approximate surface area is 173 Å². The largest absolute Gasteiger partial charge is 0.453 e. The fraction of sp³-hybridized carbons (Fsp3) is 0.524. The van der Waals surface area contributed by atoms with E-state index in [0.717, 1.165) is 31.2 Å². The molecule has 1 amide bonds. The molecule has 1 aliphatic heterocycles. The van der Waals surface area contributed by atoms with Crippen LogP contribution < -0.4 is 5.32 Å². The van der Waals surface area contributed by atoms with Crippen molar-refractivity contribution < 1.29 is 22.7 Å². The molecule has 8 heteroatoms. The predicted octanol–water partition coefficient (Wildman–Crippen LogP) is 2.42. The molecular weight excluding hydrogens is 392 g/mol. The first-order valence-corrected chi connectivity index (χ1v) is 11.5. The second-order valence-electron chi connectivity index (χ2n) is 7.13. The summed E-state index contributed by atoms with van der Waals surface area (Å²) in [6.07, 6.45) is 5.10. The quantitative estimate of drug-likeness (QED) is 0.487. The molecule has 0 radical (unpaired) electrons. The number of carbonyl (C=O) groups is 2. The summed E-state index contributed by atoms with van der Waals surface area (Å²) in [7, 11) is -3.48. The Bertz CT molecular complexity index is 797. The maximum absolute atomic E-state index is 12.8. The molecule has 1 N–H and O–H groups in total. The van der Waals surface area contributed by atoms with Gasteiger partial charge in [0.2, 0.25) is 10.0 Å². The molecule has 1 aliphatic rings. The number of hydrogen-bond donors (Lipinski definition) is 1. The van der Waals surface area contributed by atoms with Gasteiger partial charge in [-0.25, -0.2) is 8.42 Å². The van der Waals surface area contributed by atoms with Crippen molar-refractivity contribution in [2.24, 2.45) is 0 Å². The molecule has 0 aliphatic carbocycles. The van der Waals surface area contributed by atoms with E-state index >= 15 is 0 Å². The molecular formula is C21H30N2O5S. The lowest BCUT2D eigenvalue weighted by atomic mass is 10.1. The average Bonchev–Trinajstić information content (AvgIpc) is 3.01. The Morgan fingerprint density at radius 3 is 2.38 bits per heavy atom. The van der Waals surface area contributed by atoms with Gasteiger partial charge in [0.05, 0.1) is 4.90 Å². The number of ether oxygens (including phenoxy) is 1. The van der Waals surface area contributed by atoms with Gasteiger partial charge in [-0.2, -0.15) is 4.31 Å². The topological polar surface area (TPSA) is 92.8 Å². The Balaban J connectivity index is 1.87. The summed E-state index contributed by atoms with van der Waals surface area (Å²) in [4.78, 5) is 23.9. The van der Waals surface area contributed by atoms with Gasteiger partial charge in [0.1, 0.15) is 0 Å². The van der Waals surface area contributed by atoms with E-state index in [-0.39, 0.29) is 17.2 Å². The molecule has 0 saturated carbocycles. The fourth-order valence-corrected chi connectivity index (χ4v) is 4.65. The van der Waals surface area contributed by atoms with Crippen LogP contribution in [0.25, 0.3) is 0 Å². The van der Waals surface area contributed by atoms with Crippen molar-refractivity contribution >= 4 is 21.9 Å². The number of rotatable bonds is 9. The lowest BCUT2D eigenvalue weighted by Gasteiger charge is -2.20. The molecule has 160 valence electrons. The van der Waals surface area contributed by atoms with Gasteiger partial charge in [0.15, 0.2) is 6.10 Å². The van der Waals surface area contributed by atoms with Gasteiger partial charge in [0.25, 0.3) is 5.91 Å². The molecule has 0 aromatic heterocycles. The summed E-state index contributed by atoms with van der Waals surface area (Å²) in [6.45, 7) is 6.46.